The fourth-order valence-corrected chi connectivity index (χ4v) is 4.13. The molecule has 1 saturated heterocycles. The third-order valence-electron chi connectivity index (χ3n) is 6.25. The zero-order valence-electron chi connectivity index (χ0n) is 18.7. The van der Waals surface area contributed by atoms with Crippen molar-refractivity contribution < 1.29 is 22.6 Å². The predicted molar refractivity (Wildman–Crippen MR) is 118 cm³/mol. The molecule has 0 aliphatic carbocycles. The Morgan fingerprint density at radius 1 is 1.00 bits per heavy atom. The van der Waals surface area contributed by atoms with Crippen LogP contribution in [0.4, 0.5) is 18.9 Å². The van der Waals surface area contributed by atoms with Gasteiger partial charge in [-0.05, 0) is 31.5 Å². The first-order valence-corrected chi connectivity index (χ1v) is 10.9. The van der Waals surface area contributed by atoms with Crippen molar-refractivity contribution in [2.75, 3.05) is 26.2 Å². The van der Waals surface area contributed by atoms with Crippen LogP contribution in [0.2, 0.25) is 0 Å². The maximum atomic E-state index is 13.0. The highest BCUT2D eigenvalue weighted by molar-refractivity contribution is 5.55. The van der Waals surface area contributed by atoms with Gasteiger partial charge in [-0.25, -0.2) is 0 Å². The molecule has 1 aromatic heterocycles. The zero-order valence-corrected chi connectivity index (χ0v) is 18.7. The van der Waals surface area contributed by atoms with E-state index in [9.17, 15) is 23.3 Å². The van der Waals surface area contributed by atoms with Crippen LogP contribution < -0.4 is 0 Å². The van der Waals surface area contributed by atoms with Crippen LogP contribution in [0.15, 0.2) is 53.1 Å². The molecule has 1 fully saturated rings. The molecule has 2 unspecified atom stereocenters. The van der Waals surface area contributed by atoms with Gasteiger partial charge in [-0.1, -0.05) is 29.4 Å². The standard InChI is InChI=1S/C23H24F3N5O3/c1-15(17-5-4-8-20(14-17)31(32)33)29-9-11-30(12-10-29)16(2)22-27-21(28-34-22)18-6-3-7-19(13-18)23(24,25)26/h3-8,13-16H,9-12H2,1-2H3. The van der Waals surface area contributed by atoms with Gasteiger partial charge in [-0.2, -0.15) is 18.2 Å². The summed E-state index contributed by atoms with van der Waals surface area (Å²) >= 11 is 0. The van der Waals surface area contributed by atoms with Gasteiger partial charge in [-0.3, -0.25) is 19.9 Å². The molecule has 0 amide bonds. The van der Waals surface area contributed by atoms with Gasteiger partial charge in [0, 0.05) is 49.9 Å². The average molecular weight is 475 g/mol. The van der Waals surface area contributed by atoms with Crippen molar-refractivity contribution in [3.05, 3.63) is 75.7 Å². The van der Waals surface area contributed by atoms with Crippen molar-refractivity contribution in [3.63, 3.8) is 0 Å². The largest absolute Gasteiger partial charge is 0.416 e. The van der Waals surface area contributed by atoms with Crippen LogP contribution in [-0.2, 0) is 6.18 Å². The van der Waals surface area contributed by atoms with Crippen LogP contribution in [0.3, 0.4) is 0 Å². The number of nitro groups is 1. The third kappa shape index (κ3) is 5.10. The van der Waals surface area contributed by atoms with E-state index in [2.05, 4.69) is 19.9 Å². The smallest absolute Gasteiger partial charge is 0.337 e. The molecule has 0 saturated carbocycles. The van der Waals surface area contributed by atoms with Crippen molar-refractivity contribution >= 4 is 5.69 Å². The lowest BCUT2D eigenvalue weighted by Gasteiger charge is -2.39. The highest BCUT2D eigenvalue weighted by atomic mass is 19.4. The summed E-state index contributed by atoms with van der Waals surface area (Å²) in [5.41, 5.74) is 0.439. The number of piperazine rings is 1. The third-order valence-corrected chi connectivity index (χ3v) is 6.25. The summed E-state index contributed by atoms with van der Waals surface area (Å²) in [5.74, 6) is 0.457. The second-order valence-electron chi connectivity index (χ2n) is 8.31. The highest BCUT2D eigenvalue weighted by Crippen LogP contribution is 2.32. The Hall–Kier alpha value is -3.31. The van der Waals surface area contributed by atoms with E-state index in [-0.39, 0.29) is 29.2 Å². The van der Waals surface area contributed by atoms with Crippen molar-refractivity contribution in [1.82, 2.24) is 19.9 Å². The molecule has 0 bridgehead atoms. The quantitative estimate of drug-likeness (QED) is 0.362. The van der Waals surface area contributed by atoms with Crippen molar-refractivity contribution in [2.45, 2.75) is 32.1 Å². The van der Waals surface area contributed by atoms with E-state index >= 15 is 0 Å². The molecule has 0 N–H and O–H groups in total. The van der Waals surface area contributed by atoms with E-state index in [4.69, 9.17) is 4.52 Å². The number of non-ortho nitro benzene ring substituents is 1. The molecule has 3 aromatic rings. The summed E-state index contributed by atoms with van der Waals surface area (Å²) in [7, 11) is 0. The number of hydrogen-bond donors (Lipinski definition) is 0. The fourth-order valence-electron chi connectivity index (χ4n) is 4.13. The number of nitro benzene ring substituents is 1. The molecular weight excluding hydrogens is 451 g/mol. The second-order valence-corrected chi connectivity index (χ2v) is 8.31. The molecular formula is C23H24F3N5O3. The Labute approximate surface area is 194 Å². The Kier molecular flexibility index (Phi) is 6.67. The number of benzene rings is 2. The Morgan fingerprint density at radius 2 is 1.65 bits per heavy atom. The number of rotatable bonds is 6. The lowest BCUT2D eigenvalue weighted by atomic mass is 10.0. The van der Waals surface area contributed by atoms with Gasteiger partial charge >= 0.3 is 6.18 Å². The first kappa shape index (κ1) is 23.8. The van der Waals surface area contributed by atoms with Crippen LogP contribution in [0, 0.1) is 10.1 Å². The number of halogens is 3. The molecule has 34 heavy (non-hydrogen) atoms. The van der Waals surface area contributed by atoms with Crippen molar-refractivity contribution in [2.24, 2.45) is 0 Å². The minimum Gasteiger partial charge on any atom is -0.337 e. The average Bonchev–Trinajstić information content (AvgIpc) is 3.33. The highest BCUT2D eigenvalue weighted by Gasteiger charge is 2.31. The predicted octanol–water partition coefficient (Wildman–Crippen LogP) is 5.10. The molecule has 2 atom stereocenters. The molecule has 1 aliphatic rings. The maximum absolute atomic E-state index is 13.0. The lowest BCUT2D eigenvalue weighted by Crippen LogP contribution is -2.47. The molecule has 2 aromatic carbocycles. The van der Waals surface area contributed by atoms with E-state index in [1.54, 1.807) is 12.1 Å². The van der Waals surface area contributed by atoms with E-state index in [0.717, 1.165) is 30.8 Å². The second kappa shape index (κ2) is 9.51. The van der Waals surface area contributed by atoms with E-state index in [1.165, 1.54) is 18.2 Å². The number of alkyl halides is 3. The SMILES string of the molecule is CC(c1cccc([N+](=O)[O-])c1)N1CCN(C(C)c2nc(-c3cccc(C(F)(F)F)c3)no2)CC1. The van der Waals surface area contributed by atoms with Crippen molar-refractivity contribution in [3.8, 4) is 11.4 Å². The van der Waals surface area contributed by atoms with E-state index in [0.29, 0.717) is 19.0 Å². The van der Waals surface area contributed by atoms with E-state index < -0.39 is 16.7 Å². The van der Waals surface area contributed by atoms with Crippen LogP contribution in [-0.4, -0.2) is 51.0 Å². The number of nitrogens with zero attached hydrogens (tertiary/aromatic N) is 5. The Morgan fingerprint density at radius 3 is 2.29 bits per heavy atom. The number of hydrogen-bond acceptors (Lipinski definition) is 7. The van der Waals surface area contributed by atoms with Gasteiger partial charge in [0.1, 0.15) is 0 Å². The monoisotopic (exact) mass is 475 g/mol. The van der Waals surface area contributed by atoms with Gasteiger partial charge in [0.05, 0.1) is 16.5 Å². The molecule has 11 heteroatoms. The summed E-state index contributed by atoms with van der Waals surface area (Å²) in [4.78, 5) is 19.4. The Bertz CT molecular complexity index is 1160. The summed E-state index contributed by atoms with van der Waals surface area (Å²) in [6, 6.07) is 11.3. The molecule has 1 aliphatic heterocycles. The maximum Gasteiger partial charge on any atom is 0.416 e. The van der Waals surface area contributed by atoms with Crippen molar-refractivity contribution in [1.29, 1.82) is 0 Å². The molecule has 2 heterocycles. The van der Waals surface area contributed by atoms with Crippen LogP contribution in [0.25, 0.3) is 11.4 Å². The molecule has 8 nitrogen and oxygen atoms in total. The van der Waals surface area contributed by atoms with E-state index in [1.807, 2.05) is 19.9 Å². The fraction of sp³-hybridized carbons (Fsp3) is 0.391. The summed E-state index contributed by atoms with van der Waals surface area (Å²) < 4.78 is 44.4. The van der Waals surface area contributed by atoms with Crippen LogP contribution in [0.1, 0.15) is 42.9 Å². The van der Waals surface area contributed by atoms with Gasteiger partial charge in [0.15, 0.2) is 0 Å². The summed E-state index contributed by atoms with van der Waals surface area (Å²) in [6.45, 7) is 6.84. The topological polar surface area (TPSA) is 88.5 Å². The first-order valence-electron chi connectivity index (χ1n) is 10.9. The zero-order chi connectivity index (χ0) is 24.5. The minimum absolute atomic E-state index is 0.0215. The minimum atomic E-state index is -4.45. The van der Waals surface area contributed by atoms with Crippen LogP contribution >= 0.6 is 0 Å². The summed E-state index contributed by atoms with van der Waals surface area (Å²) in [5, 5.41) is 15.0. The molecule has 4 rings (SSSR count). The Balaban J connectivity index is 1.40. The van der Waals surface area contributed by atoms with Gasteiger partial charge in [0.2, 0.25) is 11.7 Å². The normalized spacial score (nSPS) is 17.4. The van der Waals surface area contributed by atoms with Gasteiger partial charge in [0.25, 0.3) is 5.69 Å². The lowest BCUT2D eigenvalue weighted by molar-refractivity contribution is -0.385. The molecule has 0 radical (unpaired) electrons. The summed E-state index contributed by atoms with van der Waals surface area (Å²) in [6.07, 6.45) is -4.45. The first-order chi connectivity index (χ1) is 16.1. The van der Waals surface area contributed by atoms with Crippen LogP contribution in [0.5, 0.6) is 0 Å². The van der Waals surface area contributed by atoms with Gasteiger partial charge < -0.3 is 4.52 Å². The number of aromatic nitrogens is 2. The van der Waals surface area contributed by atoms with Gasteiger partial charge in [-0.15, -0.1) is 0 Å². The molecule has 180 valence electrons. The molecule has 0 spiro atoms.